The van der Waals surface area contributed by atoms with Gasteiger partial charge in [-0.1, -0.05) is 0 Å². The van der Waals surface area contributed by atoms with E-state index in [0.29, 0.717) is 18.7 Å². The Morgan fingerprint density at radius 2 is 1.61 bits per heavy atom. The van der Waals surface area contributed by atoms with E-state index in [1.807, 2.05) is 0 Å². The average Bonchev–Trinajstić information content (AvgIpc) is 2.51. The van der Waals surface area contributed by atoms with Crippen molar-refractivity contribution in [1.29, 1.82) is 0 Å². The van der Waals surface area contributed by atoms with Crippen LogP contribution in [0.3, 0.4) is 0 Å². The molecule has 1 unspecified atom stereocenters. The fourth-order valence-electron chi connectivity index (χ4n) is 2.91. The molecule has 1 fully saturated rings. The van der Waals surface area contributed by atoms with E-state index < -0.39 is 41.2 Å². The number of hydrogen-bond donors (Lipinski definition) is 1. The molecule has 0 aliphatic carbocycles. The van der Waals surface area contributed by atoms with Gasteiger partial charge in [-0.25, -0.2) is 4.79 Å². The minimum absolute atomic E-state index is 0.0915. The van der Waals surface area contributed by atoms with Crippen molar-refractivity contribution in [3.63, 3.8) is 0 Å². The molecule has 1 saturated heterocycles. The van der Waals surface area contributed by atoms with Crippen molar-refractivity contribution in [2.24, 2.45) is 0 Å². The average molecular weight is 412 g/mol. The molecule has 0 radical (unpaired) electrons. The number of alkyl halides is 6. The van der Waals surface area contributed by atoms with Crippen LogP contribution in [0.15, 0.2) is 18.2 Å². The van der Waals surface area contributed by atoms with E-state index in [0.717, 1.165) is 0 Å². The highest BCUT2D eigenvalue weighted by atomic mass is 19.4. The summed E-state index contributed by atoms with van der Waals surface area (Å²) in [7, 11) is 0. The summed E-state index contributed by atoms with van der Waals surface area (Å²) < 4.78 is 83.5. The molecule has 0 aromatic heterocycles. The van der Waals surface area contributed by atoms with Crippen LogP contribution in [0.1, 0.15) is 37.5 Å². The molecule has 10 heteroatoms. The SMILES string of the molecule is CC(C)(C)OC(=O)N1CCNCC1Cc1cc(C(F)(F)F)cc(C(F)(F)F)c1. The summed E-state index contributed by atoms with van der Waals surface area (Å²) in [6.07, 6.45) is -10.6. The normalized spacial score (nSPS) is 18.9. The summed E-state index contributed by atoms with van der Waals surface area (Å²) in [4.78, 5) is 13.7. The maximum absolute atomic E-state index is 13.0. The second-order valence-electron chi connectivity index (χ2n) is 7.65. The van der Waals surface area contributed by atoms with Crippen LogP contribution in [0.2, 0.25) is 0 Å². The number of halogens is 6. The number of nitrogens with one attached hydrogen (secondary N) is 1. The fraction of sp³-hybridized carbons (Fsp3) is 0.611. The Balaban J connectivity index is 2.32. The van der Waals surface area contributed by atoms with Crippen molar-refractivity contribution in [3.8, 4) is 0 Å². The lowest BCUT2D eigenvalue weighted by Gasteiger charge is -2.37. The summed E-state index contributed by atoms with van der Waals surface area (Å²) in [5.74, 6) is 0. The van der Waals surface area contributed by atoms with Crippen molar-refractivity contribution in [1.82, 2.24) is 10.2 Å². The Kier molecular flexibility index (Phi) is 6.22. The van der Waals surface area contributed by atoms with Gasteiger partial charge in [0.15, 0.2) is 0 Å². The highest BCUT2D eigenvalue weighted by Gasteiger charge is 2.38. The molecular weight excluding hydrogens is 390 g/mol. The number of benzene rings is 1. The molecule has 1 atom stereocenters. The number of carbonyl (C=O) groups is 1. The molecule has 158 valence electrons. The number of amides is 1. The maximum atomic E-state index is 13.0. The molecule has 0 saturated carbocycles. The molecule has 0 spiro atoms. The number of carbonyl (C=O) groups excluding carboxylic acids is 1. The third-order valence-corrected chi connectivity index (χ3v) is 4.10. The molecular formula is C18H22F6N2O2. The number of ether oxygens (including phenoxy) is 1. The summed E-state index contributed by atoms with van der Waals surface area (Å²) in [6, 6.07) is 0.843. The van der Waals surface area contributed by atoms with E-state index >= 15 is 0 Å². The maximum Gasteiger partial charge on any atom is 0.416 e. The van der Waals surface area contributed by atoms with Crippen molar-refractivity contribution >= 4 is 6.09 Å². The standard InChI is InChI=1S/C18H22F6N2O2/c1-16(2,3)28-15(27)26-5-4-25-10-14(26)8-11-6-12(17(19,20)21)9-13(7-11)18(22,23)24/h6-7,9,14,25H,4-5,8,10H2,1-3H3. The van der Waals surface area contributed by atoms with Gasteiger partial charge in [0.25, 0.3) is 0 Å². The van der Waals surface area contributed by atoms with Crippen LogP contribution in [0.25, 0.3) is 0 Å². The Hall–Kier alpha value is -1.97. The molecule has 1 aromatic carbocycles. The highest BCUT2D eigenvalue weighted by Crippen LogP contribution is 2.36. The van der Waals surface area contributed by atoms with Crippen LogP contribution in [-0.4, -0.2) is 42.3 Å². The van der Waals surface area contributed by atoms with Gasteiger partial charge >= 0.3 is 18.4 Å². The predicted molar refractivity (Wildman–Crippen MR) is 89.7 cm³/mol. The van der Waals surface area contributed by atoms with Crippen LogP contribution >= 0.6 is 0 Å². The number of hydrogen-bond acceptors (Lipinski definition) is 3. The summed E-state index contributed by atoms with van der Waals surface area (Å²) in [5.41, 5.74) is -3.66. The van der Waals surface area contributed by atoms with Gasteiger partial charge in [0.1, 0.15) is 5.60 Å². The van der Waals surface area contributed by atoms with Crippen LogP contribution in [0, 0.1) is 0 Å². The van der Waals surface area contributed by atoms with E-state index in [-0.39, 0.29) is 31.1 Å². The van der Waals surface area contributed by atoms with Crippen molar-refractivity contribution in [3.05, 3.63) is 34.9 Å². The van der Waals surface area contributed by atoms with Crippen LogP contribution in [0.4, 0.5) is 31.1 Å². The first kappa shape index (κ1) is 22.3. The predicted octanol–water partition coefficient (Wildman–Crippen LogP) is 4.48. The van der Waals surface area contributed by atoms with Gasteiger partial charge in [0.05, 0.1) is 17.2 Å². The lowest BCUT2D eigenvalue weighted by atomic mass is 9.98. The third-order valence-electron chi connectivity index (χ3n) is 4.10. The Morgan fingerprint density at radius 3 is 2.07 bits per heavy atom. The third kappa shape index (κ3) is 6.02. The number of piperazine rings is 1. The Bertz CT molecular complexity index is 677. The van der Waals surface area contributed by atoms with Crippen molar-refractivity contribution < 1.29 is 35.9 Å². The zero-order valence-electron chi connectivity index (χ0n) is 15.7. The van der Waals surface area contributed by atoms with Crippen LogP contribution in [-0.2, 0) is 23.5 Å². The Labute approximate surface area is 158 Å². The monoisotopic (exact) mass is 412 g/mol. The van der Waals surface area contributed by atoms with E-state index in [2.05, 4.69) is 5.32 Å². The van der Waals surface area contributed by atoms with Gasteiger partial charge in [-0.15, -0.1) is 0 Å². The molecule has 1 amide bonds. The molecule has 28 heavy (non-hydrogen) atoms. The molecule has 1 aliphatic rings. The van der Waals surface area contributed by atoms with E-state index in [9.17, 15) is 31.1 Å². The molecule has 4 nitrogen and oxygen atoms in total. The molecule has 0 bridgehead atoms. The quantitative estimate of drug-likeness (QED) is 0.729. The zero-order chi connectivity index (χ0) is 21.3. The topological polar surface area (TPSA) is 41.6 Å². The van der Waals surface area contributed by atoms with Crippen molar-refractivity contribution in [2.75, 3.05) is 19.6 Å². The first-order valence-corrected chi connectivity index (χ1v) is 8.65. The minimum Gasteiger partial charge on any atom is -0.444 e. The van der Waals surface area contributed by atoms with Crippen LogP contribution in [0.5, 0.6) is 0 Å². The van der Waals surface area contributed by atoms with E-state index in [4.69, 9.17) is 4.74 Å². The molecule has 1 aliphatic heterocycles. The fourth-order valence-corrected chi connectivity index (χ4v) is 2.91. The zero-order valence-corrected chi connectivity index (χ0v) is 15.7. The summed E-state index contributed by atoms with van der Waals surface area (Å²) in [5, 5.41) is 3.00. The highest BCUT2D eigenvalue weighted by molar-refractivity contribution is 5.68. The largest absolute Gasteiger partial charge is 0.444 e. The number of rotatable bonds is 2. The second kappa shape index (κ2) is 7.81. The number of nitrogens with zero attached hydrogens (tertiary/aromatic N) is 1. The Morgan fingerprint density at radius 1 is 1.07 bits per heavy atom. The minimum atomic E-state index is -4.91. The first-order chi connectivity index (χ1) is 12.7. The second-order valence-corrected chi connectivity index (χ2v) is 7.65. The molecule has 1 heterocycles. The van der Waals surface area contributed by atoms with E-state index in [1.165, 1.54) is 4.90 Å². The van der Waals surface area contributed by atoms with Gasteiger partial charge in [-0.05, 0) is 51.0 Å². The summed E-state index contributed by atoms with van der Waals surface area (Å²) >= 11 is 0. The summed E-state index contributed by atoms with van der Waals surface area (Å²) in [6.45, 7) is 5.94. The van der Waals surface area contributed by atoms with Crippen molar-refractivity contribution in [2.45, 2.75) is 51.2 Å². The smallest absolute Gasteiger partial charge is 0.416 e. The van der Waals surface area contributed by atoms with Gasteiger partial charge in [0.2, 0.25) is 0 Å². The van der Waals surface area contributed by atoms with Gasteiger partial charge in [0, 0.05) is 19.6 Å². The van der Waals surface area contributed by atoms with E-state index in [1.54, 1.807) is 20.8 Å². The first-order valence-electron chi connectivity index (χ1n) is 8.65. The lowest BCUT2D eigenvalue weighted by Crippen LogP contribution is -2.55. The molecule has 1 N–H and O–H groups in total. The van der Waals surface area contributed by atoms with Gasteiger partial charge in [-0.2, -0.15) is 26.3 Å². The van der Waals surface area contributed by atoms with Gasteiger partial charge in [-0.3, -0.25) is 0 Å². The van der Waals surface area contributed by atoms with Crippen LogP contribution < -0.4 is 5.32 Å². The molecule has 2 rings (SSSR count). The van der Waals surface area contributed by atoms with Gasteiger partial charge < -0.3 is 15.0 Å². The molecule has 1 aromatic rings. The lowest BCUT2D eigenvalue weighted by molar-refractivity contribution is -0.143.